The summed E-state index contributed by atoms with van der Waals surface area (Å²) >= 11 is 1.58. The van der Waals surface area contributed by atoms with Crippen LogP contribution in [0.25, 0.3) is 21.3 Å². The van der Waals surface area contributed by atoms with Gasteiger partial charge in [-0.15, -0.1) is 11.3 Å². The number of carboxylic acid groups (broad SMARTS) is 1. The first-order valence-electron chi connectivity index (χ1n) is 8.50. The van der Waals surface area contributed by atoms with Crippen molar-refractivity contribution in [3.05, 3.63) is 41.5 Å². The number of carbonyl (C=O) groups is 1. The summed E-state index contributed by atoms with van der Waals surface area (Å²) in [5.74, 6) is -0.0425. The van der Waals surface area contributed by atoms with Gasteiger partial charge >= 0.3 is 5.97 Å². The van der Waals surface area contributed by atoms with Crippen LogP contribution in [-0.2, 0) is 11.2 Å². The third kappa shape index (κ3) is 2.76. The second-order valence-electron chi connectivity index (χ2n) is 6.27. The molecular weight excluding hydrogens is 334 g/mol. The Morgan fingerprint density at radius 1 is 1.32 bits per heavy atom. The fourth-order valence-corrected chi connectivity index (χ4v) is 4.40. The van der Waals surface area contributed by atoms with Gasteiger partial charge in [0.25, 0.3) is 0 Å². The minimum atomic E-state index is -0.784. The van der Waals surface area contributed by atoms with Crippen molar-refractivity contribution >= 4 is 33.3 Å². The highest BCUT2D eigenvalue weighted by atomic mass is 32.1. The molecule has 0 radical (unpaired) electrons. The molecule has 1 aliphatic rings. The Labute approximate surface area is 150 Å². The molecule has 0 amide bonds. The molecule has 5 nitrogen and oxygen atoms in total. The van der Waals surface area contributed by atoms with Gasteiger partial charge in [0, 0.05) is 17.5 Å². The molecule has 0 aliphatic carbocycles. The number of thiophene rings is 1. The maximum Gasteiger partial charge on any atom is 0.326 e. The van der Waals surface area contributed by atoms with E-state index < -0.39 is 12.0 Å². The number of hydrogen-bond donors (Lipinski definition) is 1. The third-order valence-electron chi connectivity index (χ3n) is 4.83. The van der Waals surface area contributed by atoms with Crippen LogP contribution in [-0.4, -0.2) is 33.6 Å². The second kappa shape index (κ2) is 6.44. The van der Waals surface area contributed by atoms with Crippen LogP contribution in [0.3, 0.4) is 0 Å². The summed E-state index contributed by atoms with van der Waals surface area (Å²) in [7, 11) is 0. The monoisotopic (exact) mass is 353 g/mol. The molecule has 1 N–H and O–H groups in total. The molecule has 2 aromatic heterocycles. The first kappa shape index (κ1) is 16.0. The van der Waals surface area contributed by atoms with Crippen LogP contribution >= 0.6 is 11.3 Å². The third-order valence-corrected chi connectivity index (χ3v) is 5.72. The van der Waals surface area contributed by atoms with E-state index in [4.69, 9.17) is 0 Å². The molecule has 0 saturated carbocycles. The van der Waals surface area contributed by atoms with Gasteiger partial charge in [0.05, 0.1) is 5.39 Å². The van der Waals surface area contributed by atoms with Crippen LogP contribution in [0.2, 0.25) is 0 Å². The van der Waals surface area contributed by atoms with Crippen LogP contribution in [0.4, 0.5) is 5.82 Å². The first-order valence-corrected chi connectivity index (χ1v) is 9.38. The lowest BCUT2D eigenvalue weighted by molar-refractivity contribution is -0.138. The summed E-state index contributed by atoms with van der Waals surface area (Å²) in [6.07, 6.45) is 4.07. The molecule has 1 aliphatic heterocycles. The molecule has 4 rings (SSSR count). The van der Waals surface area contributed by atoms with E-state index in [1.165, 1.54) is 11.9 Å². The van der Waals surface area contributed by atoms with Crippen molar-refractivity contribution in [2.45, 2.75) is 32.2 Å². The van der Waals surface area contributed by atoms with Gasteiger partial charge in [0.2, 0.25) is 0 Å². The van der Waals surface area contributed by atoms with Crippen molar-refractivity contribution < 1.29 is 9.90 Å². The van der Waals surface area contributed by atoms with Gasteiger partial charge in [-0.3, -0.25) is 0 Å². The Balaban J connectivity index is 1.85. The lowest BCUT2D eigenvalue weighted by Gasteiger charge is -2.23. The Kier molecular flexibility index (Phi) is 4.13. The Bertz CT molecular complexity index is 920. The lowest BCUT2D eigenvalue weighted by atomic mass is 10.0. The summed E-state index contributed by atoms with van der Waals surface area (Å²) in [4.78, 5) is 23.3. The standard InChI is InChI=1S/C19H19N3O2S/c1-2-12-5-7-13(8-6-12)14-10-25-18-16(14)17(20-11-21-18)22-9-3-4-15(22)19(23)24/h5-8,10-11,15H,2-4,9H2,1H3,(H,23,24). The number of anilines is 1. The molecule has 3 heterocycles. The fourth-order valence-electron chi connectivity index (χ4n) is 3.49. The summed E-state index contributed by atoms with van der Waals surface area (Å²) in [5.41, 5.74) is 3.49. The topological polar surface area (TPSA) is 66.3 Å². The molecule has 1 aromatic carbocycles. The molecule has 1 saturated heterocycles. The number of rotatable bonds is 4. The van der Waals surface area contributed by atoms with Crippen LogP contribution in [0.15, 0.2) is 36.0 Å². The second-order valence-corrected chi connectivity index (χ2v) is 7.13. The quantitative estimate of drug-likeness (QED) is 0.769. The Hall–Kier alpha value is -2.47. The zero-order valence-electron chi connectivity index (χ0n) is 14.0. The van der Waals surface area contributed by atoms with Crippen molar-refractivity contribution in [3.8, 4) is 11.1 Å². The van der Waals surface area contributed by atoms with Gasteiger partial charge in [-0.05, 0) is 30.4 Å². The van der Waals surface area contributed by atoms with Gasteiger partial charge in [-0.25, -0.2) is 14.8 Å². The molecule has 128 valence electrons. The maximum atomic E-state index is 11.6. The van der Waals surface area contributed by atoms with Gasteiger partial charge < -0.3 is 10.0 Å². The molecular formula is C19H19N3O2S. The number of aliphatic carboxylic acids is 1. The van der Waals surface area contributed by atoms with Gasteiger partial charge in [-0.2, -0.15) is 0 Å². The molecule has 1 fully saturated rings. The van der Waals surface area contributed by atoms with Gasteiger partial charge in [0.15, 0.2) is 0 Å². The summed E-state index contributed by atoms with van der Waals surface area (Å²) in [6, 6.07) is 8.01. The fraction of sp³-hybridized carbons (Fsp3) is 0.316. The number of fused-ring (bicyclic) bond motifs is 1. The van der Waals surface area contributed by atoms with Gasteiger partial charge in [-0.1, -0.05) is 31.2 Å². The van der Waals surface area contributed by atoms with E-state index in [1.807, 2.05) is 4.90 Å². The number of benzene rings is 1. The van der Waals surface area contributed by atoms with E-state index >= 15 is 0 Å². The van der Waals surface area contributed by atoms with Crippen molar-refractivity contribution in [1.29, 1.82) is 0 Å². The minimum Gasteiger partial charge on any atom is -0.480 e. The Morgan fingerprint density at radius 3 is 2.84 bits per heavy atom. The average Bonchev–Trinajstić information content (AvgIpc) is 3.28. The highest BCUT2D eigenvalue weighted by molar-refractivity contribution is 7.17. The van der Waals surface area contributed by atoms with Crippen molar-refractivity contribution in [3.63, 3.8) is 0 Å². The summed E-state index contributed by atoms with van der Waals surface area (Å²) < 4.78 is 0. The largest absolute Gasteiger partial charge is 0.480 e. The van der Waals surface area contributed by atoms with Crippen LogP contribution < -0.4 is 4.90 Å². The molecule has 1 atom stereocenters. The molecule has 0 spiro atoms. The number of carboxylic acids is 1. The van der Waals surface area contributed by atoms with E-state index in [0.29, 0.717) is 13.0 Å². The highest BCUT2D eigenvalue weighted by Gasteiger charge is 2.33. The predicted octanol–water partition coefficient (Wildman–Crippen LogP) is 3.97. The minimum absolute atomic E-state index is 0.506. The predicted molar refractivity (Wildman–Crippen MR) is 100 cm³/mol. The van der Waals surface area contributed by atoms with E-state index in [1.54, 1.807) is 11.3 Å². The normalized spacial score (nSPS) is 17.3. The summed E-state index contributed by atoms with van der Waals surface area (Å²) in [6.45, 7) is 2.85. The van der Waals surface area contributed by atoms with Crippen molar-refractivity contribution in [2.75, 3.05) is 11.4 Å². The Morgan fingerprint density at radius 2 is 2.12 bits per heavy atom. The zero-order valence-corrected chi connectivity index (χ0v) is 14.8. The van der Waals surface area contributed by atoms with Gasteiger partial charge in [0.1, 0.15) is 23.0 Å². The zero-order chi connectivity index (χ0) is 17.4. The first-order chi connectivity index (χ1) is 12.2. The van der Waals surface area contributed by atoms with Crippen molar-refractivity contribution in [2.24, 2.45) is 0 Å². The average molecular weight is 353 g/mol. The molecule has 1 unspecified atom stereocenters. The molecule has 3 aromatic rings. The SMILES string of the molecule is CCc1ccc(-c2csc3ncnc(N4CCCC4C(=O)O)c23)cc1. The van der Waals surface area contributed by atoms with E-state index in [0.717, 1.165) is 40.0 Å². The van der Waals surface area contributed by atoms with E-state index in [2.05, 4.69) is 46.5 Å². The molecule has 25 heavy (non-hydrogen) atoms. The van der Waals surface area contributed by atoms with E-state index in [9.17, 15) is 9.90 Å². The maximum absolute atomic E-state index is 11.6. The number of nitrogens with zero attached hydrogens (tertiary/aromatic N) is 3. The number of hydrogen-bond acceptors (Lipinski definition) is 5. The molecule has 0 bridgehead atoms. The smallest absolute Gasteiger partial charge is 0.326 e. The van der Waals surface area contributed by atoms with Crippen molar-refractivity contribution in [1.82, 2.24) is 9.97 Å². The lowest BCUT2D eigenvalue weighted by Crippen LogP contribution is -2.36. The van der Waals surface area contributed by atoms with Crippen LogP contribution in [0.1, 0.15) is 25.3 Å². The van der Waals surface area contributed by atoms with Crippen LogP contribution in [0.5, 0.6) is 0 Å². The summed E-state index contributed by atoms with van der Waals surface area (Å²) in [5, 5.41) is 12.6. The van der Waals surface area contributed by atoms with Crippen LogP contribution in [0, 0.1) is 0 Å². The number of aryl methyl sites for hydroxylation is 1. The molecule has 6 heteroatoms. The highest BCUT2D eigenvalue weighted by Crippen LogP contribution is 2.39. The number of aromatic nitrogens is 2. The van der Waals surface area contributed by atoms with E-state index in [-0.39, 0.29) is 0 Å².